The van der Waals surface area contributed by atoms with Crippen LogP contribution in [0.2, 0.25) is 5.02 Å². The van der Waals surface area contributed by atoms with E-state index in [0.29, 0.717) is 13.1 Å². The molecule has 0 radical (unpaired) electrons. The van der Waals surface area contributed by atoms with Gasteiger partial charge < -0.3 is 5.73 Å². The Bertz CT molecular complexity index is 561. The van der Waals surface area contributed by atoms with Gasteiger partial charge in [-0.05, 0) is 29.5 Å². The molecule has 0 saturated carbocycles. The van der Waals surface area contributed by atoms with Crippen molar-refractivity contribution in [3.05, 3.63) is 28.8 Å². The molecule has 1 aromatic carbocycles. The molecule has 0 amide bonds. The van der Waals surface area contributed by atoms with Crippen molar-refractivity contribution in [1.29, 1.82) is 0 Å². The second kappa shape index (κ2) is 7.58. The predicted octanol–water partition coefficient (Wildman–Crippen LogP) is 3.10. The smallest absolute Gasteiger partial charge is 0.244 e. The van der Waals surface area contributed by atoms with E-state index in [-0.39, 0.29) is 28.3 Å². The molecule has 0 fully saturated rings. The van der Waals surface area contributed by atoms with Gasteiger partial charge in [-0.25, -0.2) is 8.42 Å². The molecule has 21 heavy (non-hydrogen) atoms. The topological polar surface area (TPSA) is 63.4 Å². The summed E-state index contributed by atoms with van der Waals surface area (Å²) in [6, 6.07) is 4.92. The van der Waals surface area contributed by atoms with Gasteiger partial charge in [-0.3, -0.25) is 0 Å². The summed E-state index contributed by atoms with van der Waals surface area (Å²) in [5.41, 5.74) is 6.35. The third-order valence-electron chi connectivity index (χ3n) is 2.99. The van der Waals surface area contributed by atoms with Crippen LogP contribution in [0, 0.1) is 11.8 Å². The van der Waals surface area contributed by atoms with Gasteiger partial charge in [0, 0.05) is 19.6 Å². The molecule has 0 heterocycles. The highest BCUT2D eigenvalue weighted by atomic mass is 35.5. The number of sulfonamides is 1. The van der Waals surface area contributed by atoms with Gasteiger partial charge in [0.25, 0.3) is 0 Å². The SMILES string of the molecule is CC(C)CN(CC(C)C)S(=O)(=O)c1cc(CN)ccc1Cl. The van der Waals surface area contributed by atoms with Gasteiger partial charge in [0.1, 0.15) is 4.90 Å². The third kappa shape index (κ3) is 4.95. The van der Waals surface area contributed by atoms with E-state index in [2.05, 4.69) is 0 Å². The molecule has 0 aliphatic rings. The van der Waals surface area contributed by atoms with Crippen LogP contribution in [0.25, 0.3) is 0 Å². The minimum Gasteiger partial charge on any atom is -0.326 e. The second-order valence-corrected chi connectivity index (χ2v) is 8.39. The van der Waals surface area contributed by atoms with Crippen molar-refractivity contribution in [3.8, 4) is 0 Å². The minimum atomic E-state index is -3.61. The molecule has 6 heteroatoms. The van der Waals surface area contributed by atoms with Crippen LogP contribution in [-0.4, -0.2) is 25.8 Å². The Labute approximate surface area is 133 Å². The van der Waals surface area contributed by atoms with Gasteiger partial charge in [-0.2, -0.15) is 4.31 Å². The van der Waals surface area contributed by atoms with Crippen LogP contribution in [0.5, 0.6) is 0 Å². The lowest BCUT2D eigenvalue weighted by atomic mass is 10.2. The first kappa shape index (κ1) is 18.4. The Kier molecular flexibility index (Phi) is 6.66. The summed E-state index contributed by atoms with van der Waals surface area (Å²) >= 11 is 6.11. The van der Waals surface area contributed by atoms with Crippen LogP contribution in [0.3, 0.4) is 0 Å². The molecule has 0 atom stereocenters. The molecule has 4 nitrogen and oxygen atoms in total. The minimum absolute atomic E-state index is 0.147. The normalized spacial score (nSPS) is 12.6. The molecule has 0 aliphatic heterocycles. The number of hydrogen-bond acceptors (Lipinski definition) is 3. The highest BCUT2D eigenvalue weighted by Gasteiger charge is 2.28. The lowest BCUT2D eigenvalue weighted by molar-refractivity contribution is 0.333. The van der Waals surface area contributed by atoms with Crippen molar-refractivity contribution in [2.45, 2.75) is 39.1 Å². The summed E-state index contributed by atoms with van der Waals surface area (Å²) < 4.78 is 27.3. The van der Waals surface area contributed by atoms with Crippen molar-refractivity contribution >= 4 is 21.6 Å². The van der Waals surface area contributed by atoms with E-state index in [1.165, 1.54) is 4.31 Å². The summed E-state index contributed by atoms with van der Waals surface area (Å²) in [6.07, 6.45) is 0. The number of halogens is 1. The maximum absolute atomic E-state index is 12.9. The molecule has 2 N–H and O–H groups in total. The Morgan fingerprint density at radius 2 is 1.67 bits per heavy atom. The zero-order valence-electron chi connectivity index (χ0n) is 13.1. The molecule has 0 unspecified atom stereocenters. The standard InChI is InChI=1S/C15H25ClN2O2S/c1-11(2)9-18(10-12(3)4)21(19,20)15-7-13(8-17)5-6-14(15)16/h5-7,11-12H,8-10,17H2,1-4H3. The van der Waals surface area contributed by atoms with Crippen molar-refractivity contribution < 1.29 is 8.42 Å². The molecule has 0 bridgehead atoms. The van der Waals surface area contributed by atoms with Crippen LogP contribution in [-0.2, 0) is 16.6 Å². The molecule has 1 rings (SSSR count). The van der Waals surface area contributed by atoms with Crippen molar-refractivity contribution in [1.82, 2.24) is 4.31 Å². The number of nitrogens with zero attached hydrogens (tertiary/aromatic N) is 1. The van der Waals surface area contributed by atoms with E-state index in [4.69, 9.17) is 17.3 Å². The quantitative estimate of drug-likeness (QED) is 0.834. The maximum atomic E-state index is 12.9. The Hall–Kier alpha value is -0.620. The first-order valence-electron chi connectivity index (χ1n) is 7.17. The highest BCUT2D eigenvalue weighted by Crippen LogP contribution is 2.27. The molecule has 120 valence electrons. The fourth-order valence-corrected chi connectivity index (χ4v) is 4.39. The van der Waals surface area contributed by atoms with Gasteiger partial charge >= 0.3 is 0 Å². The molecule has 0 saturated heterocycles. The lowest BCUT2D eigenvalue weighted by Gasteiger charge is -2.26. The summed E-state index contributed by atoms with van der Waals surface area (Å²) in [7, 11) is -3.61. The van der Waals surface area contributed by atoms with E-state index in [1.807, 2.05) is 27.7 Å². The van der Waals surface area contributed by atoms with Crippen molar-refractivity contribution in [3.63, 3.8) is 0 Å². The summed E-state index contributed by atoms with van der Waals surface area (Å²) in [4.78, 5) is 0.147. The van der Waals surface area contributed by atoms with Crippen LogP contribution < -0.4 is 5.73 Å². The molecule has 0 aromatic heterocycles. The van der Waals surface area contributed by atoms with Gasteiger partial charge in [-0.1, -0.05) is 45.4 Å². The number of benzene rings is 1. The molecular weight excluding hydrogens is 308 g/mol. The van der Waals surface area contributed by atoms with Gasteiger partial charge in [0.15, 0.2) is 0 Å². The van der Waals surface area contributed by atoms with E-state index in [9.17, 15) is 8.42 Å². The Morgan fingerprint density at radius 3 is 2.10 bits per heavy atom. The maximum Gasteiger partial charge on any atom is 0.244 e. The molecule has 0 aliphatic carbocycles. The average Bonchev–Trinajstić information content (AvgIpc) is 2.37. The third-order valence-corrected chi connectivity index (χ3v) is 5.30. The zero-order chi connectivity index (χ0) is 16.2. The summed E-state index contributed by atoms with van der Waals surface area (Å²) in [5.74, 6) is 0.491. The van der Waals surface area contributed by atoms with E-state index >= 15 is 0 Å². The van der Waals surface area contributed by atoms with E-state index in [0.717, 1.165) is 5.56 Å². The first-order chi connectivity index (χ1) is 9.68. The molecule has 1 aromatic rings. The zero-order valence-corrected chi connectivity index (χ0v) is 14.7. The Morgan fingerprint density at radius 1 is 1.14 bits per heavy atom. The molecule has 0 spiro atoms. The summed E-state index contributed by atoms with van der Waals surface area (Å²) in [5, 5.41) is 0.240. The van der Waals surface area contributed by atoms with E-state index < -0.39 is 10.0 Å². The molecular formula is C15H25ClN2O2S. The van der Waals surface area contributed by atoms with Crippen molar-refractivity contribution in [2.75, 3.05) is 13.1 Å². The lowest BCUT2D eigenvalue weighted by Crippen LogP contribution is -2.37. The fraction of sp³-hybridized carbons (Fsp3) is 0.600. The number of rotatable bonds is 7. The summed E-state index contributed by atoms with van der Waals surface area (Å²) in [6.45, 7) is 9.24. The average molecular weight is 333 g/mol. The van der Waals surface area contributed by atoms with E-state index in [1.54, 1.807) is 18.2 Å². The monoisotopic (exact) mass is 332 g/mol. The van der Waals surface area contributed by atoms with Crippen LogP contribution in [0.15, 0.2) is 23.1 Å². The fourth-order valence-electron chi connectivity index (χ4n) is 2.10. The van der Waals surface area contributed by atoms with Gasteiger partial charge in [0.05, 0.1) is 5.02 Å². The highest BCUT2D eigenvalue weighted by molar-refractivity contribution is 7.89. The van der Waals surface area contributed by atoms with Crippen LogP contribution in [0.1, 0.15) is 33.3 Å². The Balaban J connectivity index is 3.27. The number of nitrogens with two attached hydrogens (primary N) is 1. The first-order valence-corrected chi connectivity index (χ1v) is 8.99. The van der Waals surface area contributed by atoms with Crippen LogP contribution in [0.4, 0.5) is 0 Å². The van der Waals surface area contributed by atoms with Gasteiger partial charge in [-0.15, -0.1) is 0 Å². The second-order valence-electron chi connectivity index (χ2n) is 6.08. The number of hydrogen-bond donors (Lipinski definition) is 1. The predicted molar refractivity (Wildman–Crippen MR) is 87.8 cm³/mol. The van der Waals surface area contributed by atoms with Crippen LogP contribution >= 0.6 is 11.6 Å². The largest absolute Gasteiger partial charge is 0.326 e. The van der Waals surface area contributed by atoms with Gasteiger partial charge in [0.2, 0.25) is 10.0 Å². The van der Waals surface area contributed by atoms with Crippen molar-refractivity contribution in [2.24, 2.45) is 17.6 Å².